The summed E-state index contributed by atoms with van der Waals surface area (Å²) >= 11 is 1.36. The third-order valence-corrected chi connectivity index (χ3v) is 3.62. The number of rotatable bonds is 7. The van der Waals surface area contributed by atoms with E-state index in [1.807, 2.05) is 0 Å². The number of nitrogens with one attached hydrogen (secondary N) is 1. The smallest absolute Gasteiger partial charge is 0.305 e. The van der Waals surface area contributed by atoms with Gasteiger partial charge in [0.05, 0.1) is 11.3 Å². The van der Waals surface area contributed by atoms with Crippen molar-refractivity contribution in [2.75, 3.05) is 6.26 Å². The molecule has 21 heavy (non-hydrogen) atoms. The van der Waals surface area contributed by atoms with Crippen molar-refractivity contribution in [1.29, 1.82) is 0 Å². The van der Waals surface area contributed by atoms with Gasteiger partial charge in [-0.1, -0.05) is 6.92 Å². The van der Waals surface area contributed by atoms with Crippen molar-refractivity contribution < 1.29 is 19.6 Å². The highest BCUT2D eigenvalue weighted by Crippen LogP contribution is 2.25. The maximum Gasteiger partial charge on any atom is 0.305 e. The fourth-order valence-electron chi connectivity index (χ4n) is 1.75. The Morgan fingerprint density at radius 3 is 2.62 bits per heavy atom. The summed E-state index contributed by atoms with van der Waals surface area (Å²) in [4.78, 5) is 33.9. The maximum atomic E-state index is 12.2. The first-order chi connectivity index (χ1) is 9.88. The van der Waals surface area contributed by atoms with Crippen molar-refractivity contribution in [3.8, 4) is 0 Å². The molecule has 0 spiro atoms. The summed E-state index contributed by atoms with van der Waals surface area (Å²) in [7, 11) is 0. The second-order valence-electron chi connectivity index (χ2n) is 4.32. The molecule has 8 heteroatoms. The van der Waals surface area contributed by atoms with Crippen LogP contribution >= 0.6 is 11.8 Å². The number of amides is 1. The minimum absolute atomic E-state index is 0.0595. The van der Waals surface area contributed by atoms with Crippen molar-refractivity contribution in [2.45, 2.75) is 30.7 Å². The highest BCUT2D eigenvalue weighted by molar-refractivity contribution is 7.98. The van der Waals surface area contributed by atoms with Crippen molar-refractivity contribution in [3.05, 3.63) is 33.9 Å². The van der Waals surface area contributed by atoms with E-state index in [0.29, 0.717) is 6.42 Å². The van der Waals surface area contributed by atoms with Crippen LogP contribution < -0.4 is 5.32 Å². The molecule has 1 aromatic rings. The average molecular weight is 312 g/mol. The van der Waals surface area contributed by atoms with Gasteiger partial charge in [0, 0.05) is 17.0 Å². The number of aliphatic carboxylic acids is 1. The number of nitro benzene ring substituents is 1. The second kappa shape index (κ2) is 7.63. The number of carbonyl (C=O) groups excluding carboxylic acids is 1. The lowest BCUT2D eigenvalue weighted by molar-refractivity contribution is -0.385. The largest absolute Gasteiger partial charge is 0.481 e. The molecular weight excluding hydrogens is 296 g/mol. The fraction of sp³-hybridized carbons (Fsp3) is 0.385. The molecule has 1 aromatic carbocycles. The Kier molecular flexibility index (Phi) is 6.16. The molecule has 0 aliphatic rings. The van der Waals surface area contributed by atoms with Gasteiger partial charge in [-0.05, 0) is 24.8 Å². The van der Waals surface area contributed by atoms with Gasteiger partial charge >= 0.3 is 5.97 Å². The topological polar surface area (TPSA) is 110 Å². The van der Waals surface area contributed by atoms with Gasteiger partial charge in [0.15, 0.2) is 0 Å². The quantitative estimate of drug-likeness (QED) is 0.454. The van der Waals surface area contributed by atoms with Crippen LogP contribution in [0.5, 0.6) is 0 Å². The molecule has 0 aliphatic heterocycles. The fourth-order valence-corrected chi connectivity index (χ4v) is 2.19. The Labute approximate surface area is 125 Å². The monoisotopic (exact) mass is 312 g/mol. The molecule has 114 valence electrons. The molecule has 0 fully saturated rings. The Bertz CT molecular complexity index is 561. The standard InChI is InChI=1S/C13H16N2O5S/c1-3-8(6-12(16)17)14-13(18)10-7-9(21-2)4-5-11(10)15(19)20/h4-5,7-8H,3,6H2,1-2H3,(H,14,18)(H,16,17). The van der Waals surface area contributed by atoms with Crippen molar-refractivity contribution in [2.24, 2.45) is 0 Å². The maximum absolute atomic E-state index is 12.2. The first-order valence-corrected chi connectivity index (χ1v) is 7.46. The van der Waals surface area contributed by atoms with Crippen LogP contribution in [0.1, 0.15) is 30.1 Å². The first-order valence-electron chi connectivity index (χ1n) is 6.24. The van der Waals surface area contributed by atoms with Gasteiger partial charge in [0.25, 0.3) is 11.6 Å². The normalized spacial score (nSPS) is 11.7. The minimum Gasteiger partial charge on any atom is -0.481 e. The molecule has 0 aliphatic carbocycles. The average Bonchev–Trinajstić information content (AvgIpc) is 2.44. The van der Waals surface area contributed by atoms with E-state index in [9.17, 15) is 19.7 Å². The van der Waals surface area contributed by atoms with Gasteiger partial charge in [-0.25, -0.2) is 0 Å². The predicted molar refractivity (Wildman–Crippen MR) is 78.7 cm³/mol. The number of nitrogens with zero attached hydrogens (tertiary/aromatic N) is 1. The van der Waals surface area contributed by atoms with Gasteiger partial charge < -0.3 is 10.4 Å². The van der Waals surface area contributed by atoms with Gasteiger partial charge in [-0.3, -0.25) is 19.7 Å². The molecule has 0 aromatic heterocycles. The number of hydrogen-bond donors (Lipinski definition) is 2. The molecule has 0 heterocycles. The number of nitro groups is 1. The van der Waals surface area contributed by atoms with Crippen LogP contribution in [0.15, 0.2) is 23.1 Å². The Morgan fingerprint density at radius 2 is 2.14 bits per heavy atom. The highest BCUT2D eigenvalue weighted by Gasteiger charge is 2.23. The van der Waals surface area contributed by atoms with Crippen LogP contribution in [-0.2, 0) is 4.79 Å². The van der Waals surface area contributed by atoms with Gasteiger partial charge in [-0.2, -0.15) is 0 Å². The number of thioether (sulfide) groups is 1. The van der Waals surface area contributed by atoms with Crippen molar-refractivity contribution >= 4 is 29.3 Å². The Balaban J connectivity index is 3.04. The summed E-state index contributed by atoms with van der Waals surface area (Å²) in [5, 5.41) is 22.3. The number of benzene rings is 1. The van der Waals surface area contributed by atoms with Crippen LogP contribution in [0.25, 0.3) is 0 Å². The minimum atomic E-state index is -1.03. The lowest BCUT2D eigenvalue weighted by Gasteiger charge is -2.15. The molecule has 0 bridgehead atoms. The molecule has 1 atom stereocenters. The summed E-state index contributed by atoms with van der Waals surface area (Å²) in [5.41, 5.74) is -0.355. The molecule has 1 amide bonds. The first kappa shape index (κ1) is 17.0. The molecule has 7 nitrogen and oxygen atoms in total. The van der Waals surface area contributed by atoms with Crippen LogP contribution in [-0.4, -0.2) is 34.2 Å². The third-order valence-electron chi connectivity index (χ3n) is 2.89. The van der Waals surface area contributed by atoms with Crippen LogP contribution in [0.2, 0.25) is 0 Å². The summed E-state index contributed by atoms with van der Waals surface area (Å²) in [5.74, 6) is -1.67. The van der Waals surface area contributed by atoms with E-state index in [-0.39, 0.29) is 17.7 Å². The van der Waals surface area contributed by atoms with Gasteiger partial charge in [-0.15, -0.1) is 11.8 Å². The third kappa shape index (κ3) is 4.75. The van der Waals surface area contributed by atoms with E-state index in [4.69, 9.17) is 5.11 Å². The lowest BCUT2D eigenvalue weighted by Crippen LogP contribution is -2.36. The zero-order chi connectivity index (χ0) is 16.0. The zero-order valence-corrected chi connectivity index (χ0v) is 12.5. The zero-order valence-electron chi connectivity index (χ0n) is 11.7. The summed E-state index contributed by atoms with van der Waals surface area (Å²) in [6, 6.07) is 3.71. The lowest BCUT2D eigenvalue weighted by atomic mass is 10.1. The van der Waals surface area contributed by atoms with E-state index in [0.717, 1.165) is 4.90 Å². The molecule has 0 radical (unpaired) electrons. The van der Waals surface area contributed by atoms with Crippen LogP contribution in [0, 0.1) is 10.1 Å². The van der Waals surface area contributed by atoms with Gasteiger partial charge in [0.1, 0.15) is 5.56 Å². The van der Waals surface area contributed by atoms with Crippen LogP contribution in [0.3, 0.4) is 0 Å². The Morgan fingerprint density at radius 1 is 1.48 bits per heavy atom. The van der Waals surface area contributed by atoms with E-state index < -0.39 is 22.8 Å². The van der Waals surface area contributed by atoms with E-state index >= 15 is 0 Å². The number of carboxylic acids is 1. The predicted octanol–water partition coefficient (Wildman–Crippen LogP) is 2.30. The number of carbonyl (C=O) groups is 2. The summed E-state index contributed by atoms with van der Waals surface area (Å²) in [6.07, 6.45) is 1.99. The highest BCUT2D eigenvalue weighted by atomic mass is 32.2. The van der Waals surface area contributed by atoms with E-state index in [1.54, 1.807) is 19.2 Å². The van der Waals surface area contributed by atoms with Crippen molar-refractivity contribution in [1.82, 2.24) is 5.32 Å². The van der Waals surface area contributed by atoms with Crippen LogP contribution in [0.4, 0.5) is 5.69 Å². The summed E-state index contributed by atoms with van der Waals surface area (Å²) in [6.45, 7) is 1.74. The molecule has 2 N–H and O–H groups in total. The van der Waals surface area contributed by atoms with Gasteiger partial charge in [0.2, 0.25) is 0 Å². The van der Waals surface area contributed by atoms with E-state index in [2.05, 4.69) is 5.32 Å². The number of carboxylic acid groups (broad SMARTS) is 1. The molecule has 0 saturated heterocycles. The Hall–Kier alpha value is -2.09. The second-order valence-corrected chi connectivity index (χ2v) is 5.20. The van der Waals surface area contributed by atoms with Crippen molar-refractivity contribution in [3.63, 3.8) is 0 Å². The molecular formula is C13H16N2O5S. The number of hydrogen-bond acceptors (Lipinski definition) is 5. The molecule has 0 saturated carbocycles. The van der Waals surface area contributed by atoms with E-state index in [1.165, 1.54) is 23.9 Å². The molecule has 1 unspecified atom stereocenters. The molecule has 1 rings (SSSR count). The SMILES string of the molecule is CCC(CC(=O)O)NC(=O)c1cc(SC)ccc1[N+](=O)[O-]. The summed E-state index contributed by atoms with van der Waals surface area (Å²) < 4.78 is 0.